The van der Waals surface area contributed by atoms with E-state index in [2.05, 4.69) is 45.4 Å². The number of nitrogens with zero attached hydrogens (tertiary/aromatic N) is 5. The highest BCUT2D eigenvalue weighted by Gasteiger charge is 2.23. The van der Waals surface area contributed by atoms with Gasteiger partial charge < -0.3 is 4.74 Å². The van der Waals surface area contributed by atoms with Crippen molar-refractivity contribution in [3.63, 3.8) is 0 Å². The second-order valence-electron chi connectivity index (χ2n) is 6.10. The van der Waals surface area contributed by atoms with E-state index in [1.807, 2.05) is 0 Å². The van der Waals surface area contributed by atoms with Crippen molar-refractivity contribution in [1.29, 1.82) is 0 Å². The van der Waals surface area contributed by atoms with Gasteiger partial charge in [-0.1, -0.05) is 0 Å². The molecular formula is C17H25N5O. The van der Waals surface area contributed by atoms with Gasteiger partial charge >= 0.3 is 0 Å². The van der Waals surface area contributed by atoms with Crippen LogP contribution in [0.4, 0.5) is 0 Å². The zero-order valence-electron chi connectivity index (χ0n) is 14.2. The fourth-order valence-electron chi connectivity index (χ4n) is 3.20. The molecule has 1 fully saturated rings. The van der Waals surface area contributed by atoms with Crippen molar-refractivity contribution in [2.24, 2.45) is 0 Å². The Morgan fingerprint density at radius 2 is 2.00 bits per heavy atom. The van der Waals surface area contributed by atoms with Gasteiger partial charge in [-0.3, -0.25) is 14.6 Å². The maximum atomic E-state index is 5.91. The number of rotatable bonds is 5. The van der Waals surface area contributed by atoms with Gasteiger partial charge in [-0.25, -0.2) is 4.98 Å². The van der Waals surface area contributed by atoms with E-state index < -0.39 is 0 Å². The van der Waals surface area contributed by atoms with Gasteiger partial charge in [0, 0.05) is 49.8 Å². The molecule has 1 aliphatic heterocycles. The predicted molar refractivity (Wildman–Crippen MR) is 88.3 cm³/mol. The predicted octanol–water partition coefficient (Wildman–Crippen LogP) is 2.35. The number of ether oxygens (including phenoxy) is 1. The number of aromatic nitrogens is 4. The van der Waals surface area contributed by atoms with E-state index in [-0.39, 0.29) is 6.10 Å². The molecule has 0 bridgehead atoms. The smallest absolute Gasteiger partial charge is 0.232 e. The highest BCUT2D eigenvalue weighted by molar-refractivity contribution is 5.24. The molecule has 0 amide bonds. The molecule has 1 saturated heterocycles. The molecule has 0 radical (unpaired) electrons. The average Bonchev–Trinajstić information content (AvgIpc) is 2.85. The van der Waals surface area contributed by atoms with Crippen molar-refractivity contribution in [3.8, 4) is 5.88 Å². The highest BCUT2D eigenvalue weighted by atomic mass is 16.5. The van der Waals surface area contributed by atoms with Crippen molar-refractivity contribution >= 4 is 0 Å². The Bertz CT molecular complexity index is 632. The van der Waals surface area contributed by atoms with Gasteiger partial charge in [0.25, 0.3) is 0 Å². The van der Waals surface area contributed by atoms with E-state index in [9.17, 15) is 0 Å². The topological polar surface area (TPSA) is 56.1 Å². The summed E-state index contributed by atoms with van der Waals surface area (Å²) >= 11 is 0. The standard InChI is InChI=1S/C17H25N5O/c1-4-22-14(3)16(13(2)20-22)12-21-9-5-15(6-10-21)23-17-11-18-7-8-19-17/h7-8,11,15H,4-6,9-10,12H2,1-3H3. The molecule has 1 aliphatic rings. The van der Waals surface area contributed by atoms with Crippen LogP contribution in [0.2, 0.25) is 0 Å². The van der Waals surface area contributed by atoms with Gasteiger partial charge in [0.2, 0.25) is 5.88 Å². The van der Waals surface area contributed by atoms with Gasteiger partial charge in [0.1, 0.15) is 6.10 Å². The Hall–Kier alpha value is -1.95. The monoisotopic (exact) mass is 315 g/mol. The SMILES string of the molecule is CCn1nc(C)c(CN2CCC(Oc3cnccn3)CC2)c1C. The molecule has 0 unspecified atom stereocenters. The number of likely N-dealkylation sites (tertiary alicyclic amines) is 1. The summed E-state index contributed by atoms with van der Waals surface area (Å²) in [5, 5.41) is 4.62. The first-order valence-corrected chi connectivity index (χ1v) is 8.35. The van der Waals surface area contributed by atoms with Crippen molar-refractivity contribution < 1.29 is 4.74 Å². The third-order valence-electron chi connectivity index (χ3n) is 4.57. The second-order valence-corrected chi connectivity index (χ2v) is 6.10. The molecule has 6 nitrogen and oxygen atoms in total. The van der Waals surface area contributed by atoms with E-state index in [0.717, 1.165) is 44.7 Å². The quantitative estimate of drug-likeness (QED) is 0.848. The number of hydrogen-bond acceptors (Lipinski definition) is 5. The molecule has 124 valence electrons. The minimum Gasteiger partial charge on any atom is -0.473 e. The van der Waals surface area contributed by atoms with Crippen LogP contribution >= 0.6 is 0 Å². The van der Waals surface area contributed by atoms with Crippen molar-refractivity contribution in [2.75, 3.05) is 13.1 Å². The van der Waals surface area contributed by atoms with Gasteiger partial charge in [-0.2, -0.15) is 5.10 Å². The largest absolute Gasteiger partial charge is 0.473 e. The lowest BCUT2D eigenvalue weighted by atomic mass is 10.1. The third-order valence-corrected chi connectivity index (χ3v) is 4.57. The summed E-state index contributed by atoms with van der Waals surface area (Å²) in [6.45, 7) is 10.4. The van der Waals surface area contributed by atoms with Crippen LogP contribution in [0, 0.1) is 13.8 Å². The van der Waals surface area contributed by atoms with Gasteiger partial charge in [0.05, 0.1) is 11.9 Å². The van der Waals surface area contributed by atoms with Crippen molar-refractivity contribution in [3.05, 3.63) is 35.5 Å². The fraction of sp³-hybridized carbons (Fsp3) is 0.588. The fourth-order valence-corrected chi connectivity index (χ4v) is 3.20. The van der Waals surface area contributed by atoms with Crippen LogP contribution in [0.25, 0.3) is 0 Å². The first-order valence-electron chi connectivity index (χ1n) is 8.35. The molecule has 0 aliphatic carbocycles. The molecule has 0 saturated carbocycles. The first-order chi connectivity index (χ1) is 11.2. The molecule has 2 aromatic rings. The molecule has 3 heterocycles. The summed E-state index contributed by atoms with van der Waals surface area (Å²) in [7, 11) is 0. The van der Waals surface area contributed by atoms with Crippen molar-refractivity contribution in [2.45, 2.75) is 52.8 Å². The van der Waals surface area contributed by atoms with Crippen LogP contribution in [-0.2, 0) is 13.1 Å². The van der Waals surface area contributed by atoms with E-state index in [4.69, 9.17) is 4.74 Å². The molecular weight excluding hydrogens is 290 g/mol. The van der Waals surface area contributed by atoms with E-state index in [1.165, 1.54) is 11.3 Å². The summed E-state index contributed by atoms with van der Waals surface area (Å²) in [6.07, 6.45) is 7.30. The lowest BCUT2D eigenvalue weighted by Gasteiger charge is -2.31. The summed E-state index contributed by atoms with van der Waals surface area (Å²) in [5.74, 6) is 0.627. The lowest BCUT2D eigenvalue weighted by molar-refractivity contribution is 0.0927. The molecule has 3 rings (SSSR count). The minimum atomic E-state index is 0.239. The molecule has 2 aromatic heterocycles. The molecule has 6 heteroatoms. The molecule has 0 aromatic carbocycles. The Morgan fingerprint density at radius 3 is 2.61 bits per heavy atom. The van der Waals surface area contributed by atoms with Crippen LogP contribution in [0.1, 0.15) is 36.7 Å². The average molecular weight is 315 g/mol. The summed E-state index contributed by atoms with van der Waals surface area (Å²) in [5.41, 5.74) is 3.82. The lowest BCUT2D eigenvalue weighted by Crippen LogP contribution is -2.38. The molecule has 0 N–H and O–H groups in total. The minimum absolute atomic E-state index is 0.239. The van der Waals surface area contributed by atoms with E-state index in [0.29, 0.717) is 5.88 Å². The summed E-state index contributed by atoms with van der Waals surface area (Å²) in [4.78, 5) is 10.7. The zero-order valence-corrected chi connectivity index (χ0v) is 14.2. The maximum Gasteiger partial charge on any atom is 0.232 e. The van der Waals surface area contributed by atoms with Gasteiger partial charge in [-0.15, -0.1) is 0 Å². The maximum absolute atomic E-state index is 5.91. The van der Waals surface area contributed by atoms with Crippen LogP contribution in [0.3, 0.4) is 0 Å². The summed E-state index contributed by atoms with van der Waals surface area (Å²) < 4.78 is 8.00. The number of aryl methyl sites for hydroxylation is 2. The molecule has 0 spiro atoms. The normalized spacial score (nSPS) is 16.7. The van der Waals surface area contributed by atoms with Crippen LogP contribution < -0.4 is 4.74 Å². The second kappa shape index (κ2) is 7.08. The molecule has 0 atom stereocenters. The Morgan fingerprint density at radius 1 is 1.22 bits per heavy atom. The molecule has 23 heavy (non-hydrogen) atoms. The van der Waals surface area contributed by atoms with Crippen molar-refractivity contribution in [1.82, 2.24) is 24.6 Å². The summed E-state index contributed by atoms with van der Waals surface area (Å²) in [6, 6.07) is 0. The van der Waals surface area contributed by atoms with Gasteiger partial charge in [0.15, 0.2) is 0 Å². The van der Waals surface area contributed by atoms with Crippen LogP contribution in [-0.4, -0.2) is 43.8 Å². The Balaban J connectivity index is 1.54. The number of piperidine rings is 1. The van der Waals surface area contributed by atoms with Crippen LogP contribution in [0.15, 0.2) is 18.6 Å². The zero-order chi connectivity index (χ0) is 16.2. The van der Waals surface area contributed by atoms with E-state index >= 15 is 0 Å². The Labute approximate surface area is 137 Å². The van der Waals surface area contributed by atoms with Crippen LogP contribution in [0.5, 0.6) is 5.88 Å². The first kappa shape index (κ1) is 15.9. The highest BCUT2D eigenvalue weighted by Crippen LogP contribution is 2.21. The van der Waals surface area contributed by atoms with Gasteiger partial charge in [-0.05, 0) is 33.6 Å². The number of hydrogen-bond donors (Lipinski definition) is 0. The Kier molecular flexibility index (Phi) is 4.91. The third kappa shape index (κ3) is 3.69. The van der Waals surface area contributed by atoms with E-state index in [1.54, 1.807) is 18.6 Å².